The number of nitrogens with zero attached hydrogens (tertiary/aromatic N) is 3. The summed E-state index contributed by atoms with van der Waals surface area (Å²) >= 11 is 0. The molecule has 0 radical (unpaired) electrons. The van der Waals surface area contributed by atoms with Gasteiger partial charge in [-0.3, -0.25) is 0 Å². The lowest BCUT2D eigenvalue weighted by Gasteiger charge is -2.07. The van der Waals surface area contributed by atoms with Crippen molar-refractivity contribution in [3.8, 4) is 11.6 Å². The van der Waals surface area contributed by atoms with E-state index in [2.05, 4.69) is 15.4 Å². The van der Waals surface area contributed by atoms with E-state index in [0.717, 1.165) is 17.1 Å². The number of aromatic hydroxyl groups is 1. The van der Waals surface area contributed by atoms with Gasteiger partial charge in [-0.2, -0.15) is 5.10 Å². The van der Waals surface area contributed by atoms with E-state index in [0.29, 0.717) is 6.54 Å². The SMILES string of the molecule is Oc1ccc(CNc2ccc(-n3cccn3)nc2)cc1. The van der Waals surface area contributed by atoms with Gasteiger partial charge in [0.2, 0.25) is 0 Å². The first-order valence-electron chi connectivity index (χ1n) is 6.29. The number of nitrogens with one attached hydrogen (secondary N) is 1. The van der Waals surface area contributed by atoms with E-state index in [-0.39, 0.29) is 5.75 Å². The number of phenols is 1. The van der Waals surface area contributed by atoms with Crippen LogP contribution in [0.15, 0.2) is 61.1 Å². The zero-order valence-corrected chi connectivity index (χ0v) is 10.8. The highest BCUT2D eigenvalue weighted by Crippen LogP contribution is 2.13. The van der Waals surface area contributed by atoms with E-state index in [1.165, 1.54) is 0 Å². The summed E-state index contributed by atoms with van der Waals surface area (Å²) < 4.78 is 1.71. The molecule has 1 aromatic carbocycles. The zero-order chi connectivity index (χ0) is 13.8. The van der Waals surface area contributed by atoms with Gasteiger partial charge in [-0.25, -0.2) is 9.67 Å². The summed E-state index contributed by atoms with van der Waals surface area (Å²) in [5, 5.41) is 16.6. The van der Waals surface area contributed by atoms with Gasteiger partial charge < -0.3 is 10.4 Å². The molecule has 0 aliphatic rings. The molecule has 0 spiro atoms. The fraction of sp³-hybridized carbons (Fsp3) is 0.0667. The van der Waals surface area contributed by atoms with Gasteiger partial charge in [0.25, 0.3) is 0 Å². The molecule has 2 heterocycles. The van der Waals surface area contributed by atoms with E-state index in [1.807, 2.05) is 36.5 Å². The van der Waals surface area contributed by atoms with Gasteiger partial charge in [0.15, 0.2) is 5.82 Å². The average molecular weight is 266 g/mol. The summed E-state index contributed by atoms with van der Waals surface area (Å²) in [6.07, 6.45) is 5.35. The summed E-state index contributed by atoms with van der Waals surface area (Å²) in [5.41, 5.74) is 2.04. The minimum atomic E-state index is 0.277. The summed E-state index contributed by atoms with van der Waals surface area (Å²) in [6, 6.07) is 12.9. The number of phenolic OH excluding ortho intramolecular Hbond substituents is 1. The molecule has 0 atom stereocenters. The minimum absolute atomic E-state index is 0.277. The fourth-order valence-electron chi connectivity index (χ4n) is 1.85. The van der Waals surface area contributed by atoms with Gasteiger partial charge in [0.1, 0.15) is 5.75 Å². The number of hydrogen-bond acceptors (Lipinski definition) is 4. The Bertz CT molecular complexity index is 660. The number of aromatic nitrogens is 3. The largest absolute Gasteiger partial charge is 0.508 e. The normalized spacial score (nSPS) is 10.4. The van der Waals surface area contributed by atoms with Gasteiger partial charge in [-0.1, -0.05) is 12.1 Å². The van der Waals surface area contributed by atoms with Crippen LogP contribution in [0, 0.1) is 0 Å². The van der Waals surface area contributed by atoms with Crippen LogP contribution >= 0.6 is 0 Å². The maximum Gasteiger partial charge on any atom is 0.153 e. The van der Waals surface area contributed by atoms with Crippen LogP contribution in [0.3, 0.4) is 0 Å². The molecule has 100 valence electrons. The first kappa shape index (κ1) is 12.2. The molecule has 0 unspecified atom stereocenters. The van der Waals surface area contributed by atoms with Crippen molar-refractivity contribution in [1.29, 1.82) is 0 Å². The lowest BCUT2D eigenvalue weighted by atomic mass is 10.2. The Morgan fingerprint density at radius 1 is 1.10 bits per heavy atom. The van der Waals surface area contributed by atoms with Crippen LogP contribution in [0.5, 0.6) is 5.75 Å². The van der Waals surface area contributed by atoms with E-state index in [1.54, 1.807) is 29.2 Å². The Kier molecular flexibility index (Phi) is 3.33. The van der Waals surface area contributed by atoms with E-state index in [9.17, 15) is 5.11 Å². The van der Waals surface area contributed by atoms with Gasteiger partial charge in [0, 0.05) is 18.9 Å². The van der Waals surface area contributed by atoms with E-state index in [4.69, 9.17) is 0 Å². The third-order valence-electron chi connectivity index (χ3n) is 2.92. The van der Waals surface area contributed by atoms with Crippen LogP contribution in [0.2, 0.25) is 0 Å². The minimum Gasteiger partial charge on any atom is -0.508 e. The Morgan fingerprint density at radius 3 is 2.60 bits per heavy atom. The molecule has 3 rings (SSSR count). The molecule has 0 fully saturated rings. The second kappa shape index (κ2) is 5.44. The maximum absolute atomic E-state index is 9.22. The maximum atomic E-state index is 9.22. The van der Waals surface area contributed by atoms with Crippen molar-refractivity contribution in [3.05, 3.63) is 66.6 Å². The molecule has 0 aliphatic heterocycles. The summed E-state index contributed by atoms with van der Waals surface area (Å²) in [6.45, 7) is 0.684. The summed E-state index contributed by atoms with van der Waals surface area (Å²) in [7, 11) is 0. The number of pyridine rings is 1. The zero-order valence-electron chi connectivity index (χ0n) is 10.8. The number of rotatable bonds is 4. The van der Waals surface area contributed by atoms with E-state index < -0.39 is 0 Å². The van der Waals surface area contributed by atoms with Crippen LogP contribution in [-0.4, -0.2) is 19.9 Å². The van der Waals surface area contributed by atoms with Crippen LogP contribution < -0.4 is 5.32 Å². The summed E-state index contributed by atoms with van der Waals surface area (Å²) in [4.78, 5) is 4.35. The highest BCUT2D eigenvalue weighted by atomic mass is 16.3. The predicted molar refractivity (Wildman–Crippen MR) is 76.8 cm³/mol. The molecule has 0 saturated carbocycles. The van der Waals surface area contributed by atoms with Gasteiger partial charge in [0.05, 0.1) is 11.9 Å². The Hall–Kier alpha value is -2.82. The highest BCUT2D eigenvalue weighted by Gasteiger charge is 1.99. The quantitative estimate of drug-likeness (QED) is 0.762. The first-order chi connectivity index (χ1) is 9.81. The van der Waals surface area contributed by atoms with Crippen molar-refractivity contribution >= 4 is 5.69 Å². The monoisotopic (exact) mass is 266 g/mol. The highest BCUT2D eigenvalue weighted by molar-refractivity contribution is 5.44. The third kappa shape index (κ3) is 2.77. The average Bonchev–Trinajstić information content (AvgIpc) is 3.01. The molecule has 3 aromatic rings. The first-order valence-corrected chi connectivity index (χ1v) is 6.29. The standard InChI is InChI=1S/C15H14N4O/c20-14-5-2-12(3-6-14)10-16-13-4-7-15(17-11-13)19-9-1-8-18-19/h1-9,11,16,20H,10H2. The fourth-order valence-corrected chi connectivity index (χ4v) is 1.85. The van der Waals surface area contributed by atoms with Crippen molar-refractivity contribution in [3.63, 3.8) is 0 Å². The summed E-state index contributed by atoms with van der Waals surface area (Å²) in [5.74, 6) is 1.06. The number of benzene rings is 1. The smallest absolute Gasteiger partial charge is 0.153 e. The molecule has 5 nitrogen and oxygen atoms in total. The molecule has 0 saturated heterocycles. The molecular weight excluding hydrogens is 252 g/mol. The molecule has 0 amide bonds. The Morgan fingerprint density at radius 2 is 1.95 bits per heavy atom. The molecule has 2 aromatic heterocycles. The van der Waals surface area contributed by atoms with Crippen molar-refractivity contribution in [2.24, 2.45) is 0 Å². The Labute approximate surface area is 116 Å². The molecule has 0 bridgehead atoms. The topological polar surface area (TPSA) is 63.0 Å². The van der Waals surface area contributed by atoms with Gasteiger partial charge in [-0.05, 0) is 35.9 Å². The van der Waals surface area contributed by atoms with E-state index >= 15 is 0 Å². The molecule has 20 heavy (non-hydrogen) atoms. The van der Waals surface area contributed by atoms with Crippen LogP contribution in [0.4, 0.5) is 5.69 Å². The van der Waals surface area contributed by atoms with Crippen molar-refractivity contribution in [2.75, 3.05) is 5.32 Å². The van der Waals surface area contributed by atoms with Crippen molar-refractivity contribution < 1.29 is 5.11 Å². The molecular formula is C15H14N4O. The lowest BCUT2D eigenvalue weighted by molar-refractivity contribution is 0.475. The molecule has 2 N–H and O–H groups in total. The number of hydrogen-bond donors (Lipinski definition) is 2. The molecule has 0 aliphatic carbocycles. The second-order valence-corrected chi connectivity index (χ2v) is 4.38. The number of anilines is 1. The second-order valence-electron chi connectivity index (χ2n) is 4.38. The van der Waals surface area contributed by atoms with Crippen LogP contribution in [0.25, 0.3) is 5.82 Å². The third-order valence-corrected chi connectivity index (χ3v) is 2.92. The lowest BCUT2D eigenvalue weighted by Crippen LogP contribution is -2.01. The molecule has 5 heteroatoms. The van der Waals surface area contributed by atoms with Crippen LogP contribution in [0.1, 0.15) is 5.56 Å². The predicted octanol–water partition coefficient (Wildman–Crippen LogP) is 2.58. The van der Waals surface area contributed by atoms with Crippen LogP contribution in [-0.2, 0) is 6.54 Å². The van der Waals surface area contributed by atoms with Gasteiger partial charge in [-0.15, -0.1) is 0 Å². The van der Waals surface area contributed by atoms with Crippen molar-refractivity contribution in [1.82, 2.24) is 14.8 Å². The van der Waals surface area contributed by atoms with Gasteiger partial charge >= 0.3 is 0 Å². The van der Waals surface area contributed by atoms with Crippen molar-refractivity contribution in [2.45, 2.75) is 6.54 Å². The Balaban J connectivity index is 1.65.